The van der Waals surface area contributed by atoms with E-state index in [1.54, 1.807) is 7.11 Å². The van der Waals surface area contributed by atoms with E-state index in [2.05, 4.69) is 12.2 Å². The van der Waals surface area contributed by atoms with Crippen molar-refractivity contribution in [3.8, 4) is 11.5 Å². The summed E-state index contributed by atoms with van der Waals surface area (Å²) in [5.41, 5.74) is 4.89. The van der Waals surface area contributed by atoms with E-state index in [1.165, 1.54) is 0 Å². The highest BCUT2D eigenvalue weighted by Gasteiger charge is 2.50. The van der Waals surface area contributed by atoms with Crippen LogP contribution in [-0.4, -0.2) is 31.7 Å². The van der Waals surface area contributed by atoms with Crippen LogP contribution in [0.3, 0.4) is 0 Å². The van der Waals surface area contributed by atoms with E-state index in [9.17, 15) is 4.79 Å². The molecule has 3 N–H and O–H groups in total. The maximum Gasteiger partial charge on any atom is 0.241 e. The predicted molar refractivity (Wildman–Crippen MR) is 81.4 cm³/mol. The third kappa shape index (κ3) is 3.47. The Morgan fingerprint density at radius 1 is 1.38 bits per heavy atom. The molecular formula is C16H24N2O3. The zero-order valence-corrected chi connectivity index (χ0v) is 12.7. The van der Waals surface area contributed by atoms with Crippen LogP contribution in [0.5, 0.6) is 11.5 Å². The summed E-state index contributed by atoms with van der Waals surface area (Å²) in [5.74, 6) is 1.20. The Balaban J connectivity index is 2.13. The average molecular weight is 292 g/mol. The van der Waals surface area contributed by atoms with Crippen LogP contribution in [0.1, 0.15) is 26.2 Å². The van der Waals surface area contributed by atoms with Crippen LogP contribution < -0.4 is 20.5 Å². The maximum absolute atomic E-state index is 12.0. The van der Waals surface area contributed by atoms with Crippen LogP contribution >= 0.6 is 0 Å². The number of primary amides is 1. The Labute approximate surface area is 125 Å². The number of carbonyl (C=O) groups is 1. The summed E-state index contributed by atoms with van der Waals surface area (Å²) in [7, 11) is 1.60. The summed E-state index contributed by atoms with van der Waals surface area (Å²) < 4.78 is 11.1. The first kappa shape index (κ1) is 15.6. The highest BCUT2D eigenvalue weighted by Crippen LogP contribution is 2.40. The van der Waals surface area contributed by atoms with Crippen molar-refractivity contribution >= 4 is 5.91 Å². The van der Waals surface area contributed by atoms with E-state index in [1.807, 2.05) is 24.3 Å². The molecule has 0 aromatic heterocycles. The van der Waals surface area contributed by atoms with Crippen molar-refractivity contribution < 1.29 is 14.3 Å². The SMILES string of the molecule is CCCNC(COc1ccccc1OC)(C(N)=O)C1CC1. The van der Waals surface area contributed by atoms with Crippen molar-refractivity contribution in [2.45, 2.75) is 31.7 Å². The first-order chi connectivity index (χ1) is 10.1. The summed E-state index contributed by atoms with van der Waals surface area (Å²) in [6.45, 7) is 3.04. The van der Waals surface area contributed by atoms with Crippen molar-refractivity contribution in [2.24, 2.45) is 11.7 Å². The fourth-order valence-corrected chi connectivity index (χ4v) is 2.53. The van der Waals surface area contributed by atoms with Crippen LogP contribution in [-0.2, 0) is 4.79 Å². The first-order valence-corrected chi connectivity index (χ1v) is 7.44. The van der Waals surface area contributed by atoms with Crippen molar-refractivity contribution in [3.63, 3.8) is 0 Å². The van der Waals surface area contributed by atoms with E-state index in [-0.39, 0.29) is 18.4 Å². The van der Waals surface area contributed by atoms with Gasteiger partial charge in [-0.3, -0.25) is 4.79 Å². The number of para-hydroxylation sites is 2. The third-order valence-electron chi connectivity index (χ3n) is 3.93. The van der Waals surface area contributed by atoms with E-state index in [0.717, 1.165) is 25.8 Å². The molecule has 5 nitrogen and oxygen atoms in total. The van der Waals surface area contributed by atoms with Crippen molar-refractivity contribution in [2.75, 3.05) is 20.3 Å². The van der Waals surface area contributed by atoms with E-state index in [4.69, 9.17) is 15.2 Å². The summed E-state index contributed by atoms with van der Waals surface area (Å²) in [6, 6.07) is 7.42. The van der Waals surface area contributed by atoms with Gasteiger partial charge in [0.25, 0.3) is 0 Å². The zero-order chi connectivity index (χ0) is 15.3. The lowest BCUT2D eigenvalue weighted by Crippen LogP contribution is -2.61. The molecule has 1 fully saturated rings. The Morgan fingerprint density at radius 2 is 2.05 bits per heavy atom. The van der Waals surface area contributed by atoms with Crippen LogP contribution in [0.2, 0.25) is 0 Å². The van der Waals surface area contributed by atoms with Gasteiger partial charge in [0.2, 0.25) is 5.91 Å². The molecule has 1 unspecified atom stereocenters. The second kappa shape index (κ2) is 6.80. The normalized spacial score (nSPS) is 17.0. The molecular weight excluding hydrogens is 268 g/mol. The monoisotopic (exact) mass is 292 g/mol. The molecule has 0 radical (unpaired) electrons. The largest absolute Gasteiger partial charge is 0.493 e. The molecule has 0 bridgehead atoms. The Morgan fingerprint density at radius 3 is 2.57 bits per heavy atom. The number of methoxy groups -OCH3 is 1. The van der Waals surface area contributed by atoms with Gasteiger partial charge in [-0.05, 0) is 43.9 Å². The van der Waals surface area contributed by atoms with Gasteiger partial charge in [0.15, 0.2) is 11.5 Å². The van der Waals surface area contributed by atoms with Crippen LogP contribution in [0.25, 0.3) is 0 Å². The summed E-state index contributed by atoms with van der Waals surface area (Å²) in [4.78, 5) is 12.0. The highest BCUT2D eigenvalue weighted by atomic mass is 16.5. The fraction of sp³-hybridized carbons (Fsp3) is 0.562. The standard InChI is InChI=1S/C16H24N2O3/c1-3-10-18-16(15(17)19,12-8-9-12)11-21-14-7-5-4-6-13(14)20-2/h4-7,12,18H,3,8-11H2,1-2H3,(H2,17,19). The van der Waals surface area contributed by atoms with Gasteiger partial charge in [-0.1, -0.05) is 19.1 Å². The number of nitrogens with one attached hydrogen (secondary N) is 1. The molecule has 1 aliphatic rings. The minimum Gasteiger partial charge on any atom is -0.493 e. The van der Waals surface area contributed by atoms with E-state index >= 15 is 0 Å². The lowest BCUT2D eigenvalue weighted by Gasteiger charge is -2.32. The highest BCUT2D eigenvalue weighted by molar-refractivity contribution is 5.85. The number of nitrogens with two attached hydrogens (primary N) is 1. The van der Waals surface area contributed by atoms with Crippen LogP contribution in [0.15, 0.2) is 24.3 Å². The van der Waals surface area contributed by atoms with E-state index in [0.29, 0.717) is 11.5 Å². The van der Waals surface area contributed by atoms with Gasteiger partial charge in [-0.2, -0.15) is 0 Å². The molecule has 1 saturated carbocycles. The zero-order valence-electron chi connectivity index (χ0n) is 12.7. The molecule has 116 valence electrons. The molecule has 21 heavy (non-hydrogen) atoms. The topological polar surface area (TPSA) is 73.6 Å². The van der Waals surface area contributed by atoms with Gasteiger partial charge < -0.3 is 20.5 Å². The number of amides is 1. The fourth-order valence-electron chi connectivity index (χ4n) is 2.53. The number of carbonyl (C=O) groups excluding carboxylic acids is 1. The second-order valence-corrected chi connectivity index (χ2v) is 5.48. The molecule has 1 aliphatic carbocycles. The Bertz CT molecular complexity index is 488. The summed E-state index contributed by atoms with van der Waals surface area (Å²) in [5, 5.41) is 3.31. The second-order valence-electron chi connectivity index (χ2n) is 5.48. The lowest BCUT2D eigenvalue weighted by molar-refractivity contribution is -0.126. The van der Waals surface area contributed by atoms with Gasteiger partial charge in [0.05, 0.1) is 7.11 Å². The minimum atomic E-state index is -0.781. The van der Waals surface area contributed by atoms with Crippen LogP contribution in [0.4, 0.5) is 0 Å². The van der Waals surface area contributed by atoms with E-state index < -0.39 is 5.54 Å². The summed E-state index contributed by atoms with van der Waals surface area (Å²) in [6.07, 6.45) is 2.96. The van der Waals surface area contributed by atoms with Crippen molar-refractivity contribution in [3.05, 3.63) is 24.3 Å². The third-order valence-corrected chi connectivity index (χ3v) is 3.93. The smallest absolute Gasteiger partial charge is 0.241 e. The van der Waals surface area contributed by atoms with Gasteiger partial charge >= 0.3 is 0 Å². The molecule has 0 saturated heterocycles. The van der Waals surface area contributed by atoms with Gasteiger partial charge in [0.1, 0.15) is 12.1 Å². The van der Waals surface area contributed by atoms with Gasteiger partial charge in [-0.15, -0.1) is 0 Å². The van der Waals surface area contributed by atoms with Gasteiger partial charge in [-0.25, -0.2) is 0 Å². The van der Waals surface area contributed by atoms with Crippen molar-refractivity contribution in [1.82, 2.24) is 5.32 Å². The molecule has 1 atom stereocenters. The number of hydrogen-bond acceptors (Lipinski definition) is 4. The Kier molecular flexibility index (Phi) is 5.07. The maximum atomic E-state index is 12.0. The molecule has 2 rings (SSSR count). The number of rotatable bonds is 9. The molecule has 1 amide bonds. The predicted octanol–water partition coefficient (Wildman–Crippen LogP) is 1.71. The summed E-state index contributed by atoms with van der Waals surface area (Å²) >= 11 is 0. The molecule has 0 aliphatic heterocycles. The first-order valence-electron chi connectivity index (χ1n) is 7.44. The average Bonchev–Trinajstić information content (AvgIpc) is 3.33. The Hall–Kier alpha value is -1.75. The van der Waals surface area contributed by atoms with Gasteiger partial charge in [0, 0.05) is 0 Å². The number of benzene rings is 1. The number of hydrogen-bond donors (Lipinski definition) is 2. The lowest BCUT2D eigenvalue weighted by atomic mass is 9.93. The quantitative estimate of drug-likeness (QED) is 0.726. The molecule has 0 spiro atoms. The van der Waals surface area contributed by atoms with Crippen LogP contribution in [0, 0.1) is 5.92 Å². The minimum absolute atomic E-state index is 0.230. The molecule has 1 aromatic carbocycles. The molecule has 0 heterocycles. The molecule has 5 heteroatoms. The van der Waals surface area contributed by atoms with Crippen molar-refractivity contribution in [1.29, 1.82) is 0 Å². The molecule has 1 aromatic rings. The number of ether oxygens (including phenoxy) is 2.